The number of terminal acetylenes is 1. The molecule has 2 unspecified atom stereocenters. The molecular weight excluding hydrogens is 218 g/mol. The second-order valence-electron chi connectivity index (χ2n) is 5.67. The summed E-state index contributed by atoms with van der Waals surface area (Å²) in [5.74, 6) is 4.23. The van der Waals surface area contributed by atoms with Gasteiger partial charge in [0.25, 0.3) is 0 Å². The lowest BCUT2D eigenvalue weighted by atomic mass is 9.78. The van der Waals surface area contributed by atoms with Crippen LogP contribution in [0.2, 0.25) is 0 Å². The van der Waals surface area contributed by atoms with Gasteiger partial charge in [0.15, 0.2) is 0 Å². The van der Waals surface area contributed by atoms with E-state index in [4.69, 9.17) is 6.42 Å². The van der Waals surface area contributed by atoms with E-state index >= 15 is 0 Å². The third-order valence-corrected chi connectivity index (χ3v) is 4.06. The summed E-state index contributed by atoms with van der Waals surface area (Å²) in [6, 6.07) is 8.81. The zero-order chi connectivity index (χ0) is 13.0. The van der Waals surface area contributed by atoms with Crippen molar-refractivity contribution in [2.24, 2.45) is 11.8 Å². The molecule has 0 amide bonds. The van der Waals surface area contributed by atoms with Crippen LogP contribution in [0.1, 0.15) is 45.1 Å². The van der Waals surface area contributed by atoms with E-state index in [0.717, 1.165) is 17.4 Å². The van der Waals surface area contributed by atoms with Crippen molar-refractivity contribution in [3.8, 4) is 12.3 Å². The molecule has 1 aromatic carbocycles. The fraction of sp³-hybridized carbons (Fsp3) is 0.529. The predicted molar refractivity (Wildman–Crippen MR) is 78.6 cm³/mol. The second-order valence-corrected chi connectivity index (χ2v) is 5.67. The molecule has 0 bridgehead atoms. The molecule has 0 radical (unpaired) electrons. The molecule has 1 aliphatic rings. The van der Waals surface area contributed by atoms with Gasteiger partial charge in [-0.15, -0.1) is 6.42 Å². The third-order valence-electron chi connectivity index (χ3n) is 4.06. The van der Waals surface area contributed by atoms with Crippen LogP contribution in [0, 0.1) is 24.2 Å². The maximum atomic E-state index is 5.45. The lowest BCUT2D eigenvalue weighted by molar-refractivity contribution is 0.254. The number of rotatable bonds is 3. The molecule has 96 valence electrons. The van der Waals surface area contributed by atoms with Crippen LogP contribution >= 0.6 is 0 Å². The van der Waals surface area contributed by atoms with Crippen molar-refractivity contribution in [2.75, 3.05) is 5.32 Å². The first-order chi connectivity index (χ1) is 8.70. The molecule has 0 aliphatic heterocycles. The maximum Gasteiger partial charge on any atom is 0.0354 e. The minimum atomic E-state index is 0.603. The Morgan fingerprint density at radius 1 is 1.28 bits per heavy atom. The molecule has 1 saturated carbocycles. The zero-order valence-corrected chi connectivity index (χ0v) is 11.4. The number of hydrogen-bond acceptors (Lipinski definition) is 1. The Labute approximate surface area is 111 Å². The summed E-state index contributed by atoms with van der Waals surface area (Å²) in [5, 5.41) is 3.69. The van der Waals surface area contributed by atoms with Gasteiger partial charge < -0.3 is 5.32 Å². The monoisotopic (exact) mass is 241 g/mol. The highest BCUT2D eigenvalue weighted by Crippen LogP contribution is 2.32. The van der Waals surface area contributed by atoms with Crippen LogP contribution in [-0.2, 0) is 0 Å². The average molecular weight is 241 g/mol. The highest BCUT2D eigenvalue weighted by molar-refractivity contribution is 5.50. The summed E-state index contributed by atoms with van der Waals surface area (Å²) in [4.78, 5) is 0. The SMILES string of the molecule is C#Cc1cccc(NC2CCCCC2C(C)C)c1. The van der Waals surface area contributed by atoms with Crippen LogP contribution in [-0.4, -0.2) is 6.04 Å². The molecule has 2 atom stereocenters. The Kier molecular flexibility index (Phi) is 4.31. The van der Waals surface area contributed by atoms with E-state index in [1.807, 2.05) is 12.1 Å². The molecule has 1 N–H and O–H groups in total. The van der Waals surface area contributed by atoms with E-state index in [9.17, 15) is 0 Å². The van der Waals surface area contributed by atoms with Gasteiger partial charge in [0.1, 0.15) is 0 Å². The fourth-order valence-corrected chi connectivity index (χ4v) is 3.05. The van der Waals surface area contributed by atoms with Gasteiger partial charge in [-0.3, -0.25) is 0 Å². The van der Waals surface area contributed by atoms with E-state index in [1.54, 1.807) is 0 Å². The minimum absolute atomic E-state index is 0.603. The highest BCUT2D eigenvalue weighted by Gasteiger charge is 2.27. The smallest absolute Gasteiger partial charge is 0.0354 e. The van der Waals surface area contributed by atoms with Crippen molar-refractivity contribution in [2.45, 2.75) is 45.6 Å². The Morgan fingerprint density at radius 3 is 2.78 bits per heavy atom. The quantitative estimate of drug-likeness (QED) is 0.778. The molecule has 1 aromatic rings. The van der Waals surface area contributed by atoms with Crippen molar-refractivity contribution in [3.05, 3.63) is 29.8 Å². The molecule has 1 aliphatic carbocycles. The summed E-state index contributed by atoms with van der Waals surface area (Å²) >= 11 is 0. The second kappa shape index (κ2) is 5.96. The molecule has 0 spiro atoms. The number of anilines is 1. The topological polar surface area (TPSA) is 12.0 Å². The fourth-order valence-electron chi connectivity index (χ4n) is 3.05. The van der Waals surface area contributed by atoms with E-state index in [1.165, 1.54) is 31.4 Å². The lowest BCUT2D eigenvalue weighted by Gasteiger charge is -2.35. The first-order valence-corrected chi connectivity index (χ1v) is 7.04. The molecular formula is C17H23N. The summed E-state index contributed by atoms with van der Waals surface area (Å²) in [6.45, 7) is 4.67. The Balaban J connectivity index is 2.08. The summed E-state index contributed by atoms with van der Waals surface area (Å²) in [7, 11) is 0. The van der Waals surface area contributed by atoms with Gasteiger partial charge in [-0.1, -0.05) is 38.7 Å². The number of benzene rings is 1. The molecule has 0 aromatic heterocycles. The zero-order valence-electron chi connectivity index (χ0n) is 11.4. The van der Waals surface area contributed by atoms with Crippen LogP contribution in [0.25, 0.3) is 0 Å². The van der Waals surface area contributed by atoms with Crippen LogP contribution in [0.3, 0.4) is 0 Å². The largest absolute Gasteiger partial charge is 0.382 e. The molecule has 18 heavy (non-hydrogen) atoms. The van der Waals surface area contributed by atoms with Gasteiger partial charge in [0.2, 0.25) is 0 Å². The molecule has 1 heteroatoms. The first kappa shape index (κ1) is 13.0. The van der Waals surface area contributed by atoms with Crippen molar-refractivity contribution in [3.63, 3.8) is 0 Å². The van der Waals surface area contributed by atoms with Gasteiger partial charge in [-0.25, -0.2) is 0 Å². The Hall–Kier alpha value is -1.42. The van der Waals surface area contributed by atoms with Gasteiger partial charge >= 0.3 is 0 Å². The molecule has 1 nitrogen and oxygen atoms in total. The molecule has 0 saturated heterocycles. The number of hydrogen-bond donors (Lipinski definition) is 1. The van der Waals surface area contributed by atoms with Crippen molar-refractivity contribution < 1.29 is 0 Å². The summed E-state index contributed by atoms with van der Waals surface area (Å²) in [6.07, 6.45) is 10.8. The summed E-state index contributed by atoms with van der Waals surface area (Å²) < 4.78 is 0. The van der Waals surface area contributed by atoms with Crippen LogP contribution < -0.4 is 5.32 Å². The van der Waals surface area contributed by atoms with Gasteiger partial charge in [-0.2, -0.15) is 0 Å². The molecule has 1 fully saturated rings. The normalized spacial score (nSPS) is 23.7. The lowest BCUT2D eigenvalue weighted by Crippen LogP contribution is -2.35. The van der Waals surface area contributed by atoms with Crippen molar-refractivity contribution >= 4 is 5.69 Å². The Morgan fingerprint density at radius 2 is 2.06 bits per heavy atom. The molecule has 0 heterocycles. The Bertz CT molecular complexity index is 427. The van der Waals surface area contributed by atoms with E-state index in [0.29, 0.717) is 6.04 Å². The van der Waals surface area contributed by atoms with Crippen LogP contribution in [0.15, 0.2) is 24.3 Å². The third kappa shape index (κ3) is 3.07. The van der Waals surface area contributed by atoms with E-state index in [-0.39, 0.29) is 0 Å². The van der Waals surface area contributed by atoms with Crippen LogP contribution in [0.5, 0.6) is 0 Å². The standard InChI is InChI=1S/C17H23N/c1-4-14-8-7-9-15(12-14)18-17-11-6-5-10-16(17)13(2)3/h1,7-9,12-13,16-18H,5-6,10-11H2,2-3H3. The van der Waals surface area contributed by atoms with E-state index in [2.05, 4.69) is 37.2 Å². The summed E-state index contributed by atoms with van der Waals surface area (Å²) in [5.41, 5.74) is 2.12. The van der Waals surface area contributed by atoms with Gasteiger partial charge in [0.05, 0.1) is 0 Å². The van der Waals surface area contributed by atoms with E-state index < -0.39 is 0 Å². The first-order valence-electron chi connectivity index (χ1n) is 7.04. The predicted octanol–water partition coefficient (Wildman–Crippen LogP) is 4.29. The van der Waals surface area contributed by atoms with Crippen molar-refractivity contribution in [1.82, 2.24) is 0 Å². The minimum Gasteiger partial charge on any atom is -0.382 e. The van der Waals surface area contributed by atoms with Crippen LogP contribution in [0.4, 0.5) is 5.69 Å². The van der Waals surface area contributed by atoms with Crippen molar-refractivity contribution in [1.29, 1.82) is 0 Å². The molecule has 2 rings (SSSR count). The number of nitrogens with one attached hydrogen (secondary N) is 1. The highest BCUT2D eigenvalue weighted by atomic mass is 14.9. The maximum absolute atomic E-state index is 5.45. The average Bonchev–Trinajstić information content (AvgIpc) is 2.39. The van der Waals surface area contributed by atoms with Gasteiger partial charge in [0, 0.05) is 17.3 Å². The van der Waals surface area contributed by atoms with Gasteiger partial charge in [-0.05, 0) is 42.9 Å².